The molecule has 0 bridgehead atoms. The van der Waals surface area contributed by atoms with Gasteiger partial charge >= 0.3 is 0 Å². The molecule has 248 valence electrons. The minimum Gasteiger partial charge on any atom is -0.456 e. The van der Waals surface area contributed by atoms with Gasteiger partial charge in [-0.1, -0.05) is 158 Å². The molecule has 0 atom stereocenters. The summed E-state index contributed by atoms with van der Waals surface area (Å²) in [5.41, 5.74) is 11.0. The minimum atomic E-state index is 0.588. The normalized spacial score (nSPS) is 11.4. The maximum atomic E-state index is 6.53. The Hall–Kier alpha value is -7.17. The first-order valence-electron chi connectivity index (χ1n) is 17.8. The fourth-order valence-electron chi connectivity index (χ4n) is 7.23. The third kappa shape index (κ3) is 5.73. The Morgan fingerprint density at radius 1 is 0.302 bits per heavy atom. The average Bonchev–Trinajstić information content (AvgIpc) is 3.62. The van der Waals surface area contributed by atoms with Crippen LogP contribution in [0.4, 0.5) is 0 Å². The number of para-hydroxylation sites is 1. The van der Waals surface area contributed by atoms with Gasteiger partial charge in [-0.15, -0.1) is 0 Å². The molecule has 0 amide bonds. The van der Waals surface area contributed by atoms with Crippen LogP contribution in [0.3, 0.4) is 0 Å². The quantitative estimate of drug-likeness (QED) is 0.176. The summed E-state index contributed by atoms with van der Waals surface area (Å²) < 4.78 is 6.53. The third-order valence-corrected chi connectivity index (χ3v) is 9.92. The Morgan fingerprint density at radius 3 is 1.60 bits per heavy atom. The number of hydrogen-bond donors (Lipinski definition) is 0. The number of aromatic nitrogens is 3. The molecule has 0 aliphatic carbocycles. The summed E-state index contributed by atoms with van der Waals surface area (Å²) in [5.74, 6) is 1.81. The van der Waals surface area contributed by atoms with Gasteiger partial charge in [0.2, 0.25) is 0 Å². The van der Waals surface area contributed by atoms with Crippen LogP contribution in [0.2, 0.25) is 0 Å². The molecular formula is C49H31N3O. The van der Waals surface area contributed by atoms with Crippen molar-refractivity contribution in [1.82, 2.24) is 15.0 Å². The molecule has 0 fully saturated rings. The minimum absolute atomic E-state index is 0.588. The highest BCUT2D eigenvalue weighted by Gasteiger charge is 2.20. The first-order chi connectivity index (χ1) is 26.2. The third-order valence-electron chi connectivity index (χ3n) is 9.92. The molecule has 4 heteroatoms. The molecule has 10 rings (SSSR count). The molecule has 0 unspecified atom stereocenters. The molecule has 0 saturated heterocycles. The first-order valence-corrected chi connectivity index (χ1v) is 17.8. The molecular weight excluding hydrogens is 647 g/mol. The van der Waals surface area contributed by atoms with E-state index in [1.807, 2.05) is 54.6 Å². The smallest absolute Gasteiger partial charge is 0.164 e. The van der Waals surface area contributed by atoms with Crippen molar-refractivity contribution in [3.8, 4) is 67.5 Å². The van der Waals surface area contributed by atoms with E-state index >= 15 is 0 Å². The van der Waals surface area contributed by atoms with E-state index in [4.69, 9.17) is 19.4 Å². The highest BCUT2D eigenvalue weighted by Crippen LogP contribution is 2.40. The molecule has 4 nitrogen and oxygen atoms in total. The molecule has 0 spiro atoms. The zero-order chi connectivity index (χ0) is 35.1. The highest BCUT2D eigenvalue weighted by molar-refractivity contribution is 6.13. The van der Waals surface area contributed by atoms with E-state index in [-0.39, 0.29) is 0 Å². The fraction of sp³-hybridized carbons (Fsp3) is 0. The van der Waals surface area contributed by atoms with Crippen molar-refractivity contribution in [2.24, 2.45) is 0 Å². The van der Waals surface area contributed by atoms with Gasteiger partial charge in [-0.05, 0) is 74.5 Å². The summed E-state index contributed by atoms with van der Waals surface area (Å²) >= 11 is 0. The van der Waals surface area contributed by atoms with Crippen molar-refractivity contribution in [2.45, 2.75) is 0 Å². The molecule has 10 aromatic rings. The number of rotatable bonds is 6. The van der Waals surface area contributed by atoms with Crippen molar-refractivity contribution in [3.05, 3.63) is 188 Å². The van der Waals surface area contributed by atoms with Crippen LogP contribution in [-0.2, 0) is 0 Å². The number of hydrogen-bond acceptors (Lipinski definition) is 4. The first kappa shape index (κ1) is 30.6. The summed E-state index contributed by atoms with van der Waals surface area (Å²) in [5, 5.41) is 4.44. The number of benzene rings is 8. The molecule has 0 aliphatic heterocycles. The summed E-state index contributed by atoms with van der Waals surface area (Å²) in [4.78, 5) is 15.4. The lowest BCUT2D eigenvalue weighted by Gasteiger charge is -2.12. The van der Waals surface area contributed by atoms with E-state index in [0.29, 0.717) is 17.5 Å². The Morgan fingerprint density at radius 2 is 0.830 bits per heavy atom. The zero-order valence-corrected chi connectivity index (χ0v) is 28.6. The van der Waals surface area contributed by atoms with Crippen molar-refractivity contribution in [2.75, 3.05) is 0 Å². The Kier molecular flexibility index (Phi) is 7.43. The Bertz CT molecular complexity index is 2930. The predicted octanol–water partition coefficient (Wildman–Crippen LogP) is 12.9. The van der Waals surface area contributed by atoms with E-state index in [9.17, 15) is 0 Å². The topological polar surface area (TPSA) is 51.8 Å². The van der Waals surface area contributed by atoms with Gasteiger partial charge < -0.3 is 4.42 Å². The van der Waals surface area contributed by atoms with Gasteiger partial charge in [0.15, 0.2) is 17.5 Å². The van der Waals surface area contributed by atoms with Gasteiger partial charge in [0.1, 0.15) is 11.2 Å². The van der Waals surface area contributed by atoms with Crippen LogP contribution >= 0.6 is 0 Å². The second-order valence-corrected chi connectivity index (χ2v) is 13.3. The molecule has 0 N–H and O–H groups in total. The van der Waals surface area contributed by atoms with E-state index < -0.39 is 0 Å². The van der Waals surface area contributed by atoms with Crippen LogP contribution in [-0.4, -0.2) is 15.0 Å². The van der Waals surface area contributed by atoms with Gasteiger partial charge in [-0.3, -0.25) is 0 Å². The fourth-order valence-corrected chi connectivity index (χ4v) is 7.23. The van der Waals surface area contributed by atoms with Crippen molar-refractivity contribution in [3.63, 3.8) is 0 Å². The van der Waals surface area contributed by atoms with Crippen molar-refractivity contribution < 1.29 is 4.42 Å². The Balaban J connectivity index is 1.15. The second-order valence-electron chi connectivity index (χ2n) is 13.3. The van der Waals surface area contributed by atoms with E-state index in [0.717, 1.165) is 60.9 Å². The lowest BCUT2D eigenvalue weighted by Crippen LogP contribution is -2.00. The van der Waals surface area contributed by atoms with Crippen LogP contribution in [0.5, 0.6) is 0 Å². The van der Waals surface area contributed by atoms with E-state index in [2.05, 4.69) is 133 Å². The number of fused-ring (bicyclic) bond motifs is 4. The summed E-state index contributed by atoms with van der Waals surface area (Å²) in [6, 6.07) is 65.2. The zero-order valence-electron chi connectivity index (χ0n) is 28.6. The van der Waals surface area contributed by atoms with Gasteiger partial charge in [0, 0.05) is 27.5 Å². The van der Waals surface area contributed by atoms with Gasteiger partial charge in [0.05, 0.1) is 0 Å². The largest absolute Gasteiger partial charge is 0.456 e. The van der Waals surface area contributed by atoms with Crippen LogP contribution < -0.4 is 0 Å². The van der Waals surface area contributed by atoms with Crippen molar-refractivity contribution >= 4 is 32.7 Å². The van der Waals surface area contributed by atoms with Crippen LogP contribution in [0.25, 0.3) is 100 Å². The van der Waals surface area contributed by atoms with E-state index in [1.54, 1.807) is 0 Å². The maximum absolute atomic E-state index is 6.53. The molecule has 2 aromatic heterocycles. The lowest BCUT2D eigenvalue weighted by molar-refractivity contribution is 0.669. The Labute approximate surface area is 306 Å². The van der Waals surface area contributed by atoms with Crippen molar-refractivity contribution in [1.29, 1.82) is 0 Å². The SMILES string of the molecule is c1ccc(-c2cccc(-c3cc(-c4nc(-c5ccccc5)nc(-c5ccc(-c6ccc7ccccc7c6)cc5)n4)c4c(c3)oc3ccccc34)c2)cc1. The second kappa shape index (κ2) is 12.9. The molecule has 2 heterocycles. The monoisotopic (exact) mass is 677 g/mol. The van der Waals surface area contributed by atoms with E-state index in [1.165, 1.54) is 21.9 Å². The number of furan rings is 1. The standard InChI is InChI=1S/C49H31N3O/c1-3-12-32(13-4-1)38-18-11-19-39(28-38)41-30-43(46-42-20-9-10-21-44(42)53-45(46)31-41)49-51-47(35-15-5-2-6-16-35)50-48(52-49)36-25-22-34(23-26-36)40-27-24-33-14-7-8-17-37(33)29-40/h1-31H. The molecule has 53 heavy (non-hydrogen) atoms. The van der Waals surface area contributed by atoms with Crippen LogP contribution in [0.1, 0.15) is 0 Å². The van der Waals surface area contributed by atoms with Crippen LogP contribution in [0, 0.1) is 0 Å². The molecule has 0 aliphatic rings. The summed E-state index contributed by atoms with van der Waals surface area (Å²) in [7, 11) is 0. The highest BCUT2D eigenvalue weighted by atomic mass is 16.3. The molecule has 8 aromatic carbocycles. The lowest BCUT2D eigenvalue weighted by atomic mass is 9.95. The predicted molar refractivity (Wildman–Crippen MR) is 217 cm³/mol. The maximum Gasteiger partial charge on any atom is 0.164 e. The average molecular weight is 678 g/mol. The van der Waals surface area contributed by atoms with Gasteiger partial charge in [0.25, 0.3) is 0 Å². The van der Waals surface area contributed by atoms with Gasteiger partial charge in [-0.2, -0.15) is 0 Å². The molecule has 0 radical (unpaired) electrons. The summed E-state index contributed by atoms with van der Waals surface area (Å²) in [6.07, 6.45) is 0. The summed E-state index contributed by atoms with van der Waals surface area (Å²) in [6.45, 7) is 0. The number of nitrogens with zero attached hydrogens (tertiary/aromatic N) is 3. The molecule has 0 saturated carbocycles. The van der Waals surface area contributed by atoms with Crippen LogP contribution in [0.15, 0.2) is 192 Å². The van der Waals surface area contributed by atoms with Gasteiger partial charge in [-0.25, -0.2) is 15.0 Å².